The molecule has 0 unspecified atom stereocenters. The van der Waals surface area contributed by atoms with Gasteiger partial charge in [-0.25, -0.2) is 9.97 Å². The van der Waals surface area contributed by atoms with E-state index in [9.17, 15) is 5.11 Å². The first-order chi connectivity index (χ1) is 13.1. The molecule has 1 N–H and O–H groups in total. The summed E-state index contributed by atoms with van der Waals surface area (Å²) in [5.41, 5.74) is 6.60. The third kappa shape index (κ3) is 3.35. The highest BCUT2D eigenvalue weighted by Crippen LogP contribution is 2.21. The number of fused-ring (bicyclic) bond motifs is 2. The van der Waals surface area contributed by atoms with Crippen LogP contribution in [0.4, 0.5) is 0 Å². The third-order valence-corrected chi connectivity index (χ3v) is 5.24. The Morgan fingerprint density at radius 2 is 1.78 bits per heavy atom. The van der Waals surface area contributed by atoms with Gasteiger partial charge in [0.15, 0.2) is 0 Å². The molecule has 4 aromatic rings. The number of rotatable bonds is 6. The molecule has 27 heavy (non-hydrogen) atoms. The molecule has 0 aliphatic carbocycles. The molecule has 0 saturated carbocycles. The zero-order valence-corrected chi connectivity index (χ0v) is 16.2. The molecule has 0 radical (unpaired) electrons. The Morgan fingerprint density at radius 3 is 2.59 bits per heavy atom. The predicted molar refractivity (Wildman–Crippen MR) is 109 cm³/mol. The van der Waals surface area contributed by atoms with Crippen molar-refractivity contribution < 1.29 is 5.11 Å². The van der Waals surface area contributed by atoms with E-state index in [4.69, 9.17) is 4.98 Å². The summed E-state index contributed by atoms with van der Waals surface area (Å²) < 4.78 is 4.21. The number of para-hydroxylation sites is 2. The number of aromatic nitrogens is 4. The molecular weight excluding hydrogens is 336 g/mol. The first kappa shape index (κ1) is 17.7. The van der Waals surface area contributed by atoms with Crippen molar-refractivity contribution in [3.05, 3.63) is 59.7 Å². The molecule has 0 bridgehead atoms. The van der Waals surface area contributed by atoms with Crippen molar-refractivity contribution in [3.8, 4) is 0 Å². The van der Waals surface area contributed by atoms with Crippen molar-refractivity contribution in [1.29, 1.82) is 0 Å². The molecule has 0 fully saturated rings. The minimum Gasteiger partial charge on any atom is -0.389 e. The van der Waals surface area contributed by atoms with E-state index < -0.39 is 6.10 Å². The number of aliphatic hydroxyl groups is 1. The lowest BCUT2D eigenvalue weighted by Crippen LogP contribution is -2.23. The Labute approximate surface area is 159 Å². The van der Waals surface area contributed by atoms with Crippen LogP contribution < -0.4 is 0 Å². The maximum atomic E-state index is 10.8. The minimum absolute atomic E-state index is 0.511. The largest absolute Gasteiger partial charge is 0.389 e. The van der Waals surface area contributed by atoms with Crippen molar-refractivity contribution in [1.82, 2.24) is 19.1 Å². The van der Waals surface area contributed by atoms with E-state index in [-0.39, 0.29) is 0 Å². The predicted octanol–water partition coefficient (Wildman–Crippen LogP) is 4.02. The summed E-state index contributed by atoms with van der Waals surface area (Å²) in [7, 11) is 0. The maximum Gasteiger partial charge on any atom is 0.109 e. The normalized spacial score (nSPS) is 12.9. The smallest absolute Gasteiger partial charge is 0.109 e. The SMILES string of the molecule is CCCc1nc2ccccc2n1C[C@@H](O)Cn1cnc2cc(C)c(C)cc21. The number of hydrogen-bond acceptors (Lipinski definition) is 3. The fourth-order valence-electron chi connectivity index (χ4n) is 3.70. The fourth-order valence-corrected chi connectivity index (χ4v) is 3.70. The Morgan fingerprint density at radius 1 is 1.00 bits per heavy atom. The van der Waals surface area contributed by atoms with Crippen molar-refractivity contribution in [2.24, 2.45) is 0 Å². The number of benzene rings is 2. The van der Waals surface area contributed by atoms with Crippen LogP contribution in [0.15, 0.2) is 42.7 Å². The van der Waals surface area contributed by atoms with Crippen molar-refractivity contribution in [2.45, 2.75) is 52.8 Å². The molecule has 5 nitrogen and oxygen atoms in total. The van der Waals surface area contributed by atoms with Crippen molar-refractivity contribution >= 4 is 22.1 Å². The summed E-state index contributed by atoms with van der Waals surface area (Å²) in [4.78, 5) is 9.26. The number of hydrogen-bond donors (Lipinski definition) is 1. The quantitative estimate of drug-likeness (QED) is 0.564. The standard InChI is InChI=1S/C22H26N4O/c1-4-7-22-24-18-8-5-6-9-20(18)26(22)13-17(27)12-25-14-23-19-10-15(2)16(3)11-21(19)25/h5-6,8-11,14,17,27H,4,7,12-13H2,1-3H3/t17-/m0/s1. The van der Waals surface area contributed by atoms with Gasteiger partial charge in [0, 0.05) is 6.42 Å². The van der Waals surface area contributed by atoms with Gasteiger partial charge in [-0.15, -0.1) is 0 Å². The van der Waals surface area contributed by atoms with Crippen LogP contribution in [-0.4, -0.2) is 30.3 Å². The average molecular weight is 362 g/mol. The molecule has 0 amide bonds. The number of aryl methyl sites for hydroxylation is 3. The second kappa shape index (κ2) is 7.16. The Hall–Kier alpha value is -2.66. The van der Waals surface area contributed by atoms with Crippen molar-refractivity contribution in [3.63, 3.8) is 0 Å². The van der Waals surface area contributed by atoms with Gasteiger partial charge in [0.05, 0.1) is 47.6 Å². The highest BCUT2D eigenvalue weighted by Gasteiger charge is 2.15. The van der Waals surface area contributed by atoms with E-state index in [1.54, 1.807) is 0 Å². The molecule has 0 aliphatic heterocycles. The highest BCUT2D eigenvalue weighted by molar-refractivity contribution is 5.77. The Bertz CT molecular complexity index is 1090. The summed E-state index contributed by atoms with van der Waals surface area (Å²) >= 11 is 0. The zero-order chi connectivity index (χ0) is 19.0. The zero-order valence-electron chi connectivity index (χ0n) is 16.2. The number of nitrogens with zero attached hydrogens (tertiary/aromatic N) is 4. The monoisotopic (exact) mass is 362 g/mol. The molecule has 2 heterocycles. The van der Waals surface area contributed by atoms with Gasteiger partial charge in [-0.3, -0.25) is 0 Å². The summed E-state index contributed by atoms with van der Waals surface area (Å²) in [6, 6.07) is 12.4. The van der Waals surface area contributed by atoms with E-state index in [1.807, 2.05) is 29.1 Å². The van der Waals surface area contributed by atoms with Crippen LogP contribution in [-0.2, 0) is 19.5 Å². The Kier molecular flexibility index (Phi) is 4.70. The summed E-state index contributed by atoms with van der Waals surface area (Å²) in [5, 5.41) is 10.8. The second-order valence-corrected chi connectivity index (χ2v) is 7.35. The van der Waals surface area contributed by atoms with Crippen LogP contribution in [0, 0.1) is 13.8 Å². The molecule has 0 saturated heterocycles. The number of aliphatic hydroxyl groups excluding tert-OH is 1. The molecule has 1 atom stereocenters. The first-order valence-electron chi connectivity index (χ1n) is 9.61. The van der Waals surface area contributed by atoms with Gasteiger partial charge in [-0.2, -0.15) is 0 Å². The molecule has 2 aromatic carbocycles. The van der Waals surface area contributed by atoms with Crippen LogP contribution in [0.25, 0.3) is 22.1 Å². The molecule has 0 aliphatic rings. The van der Waals surface area contributed by atoms with Crippen LogP contribution in [0.2, 0.25) is 0 Å². The van der Waals surface area contributed by atoms with Gasteiger partial charge in [0.25, 0.3) is 0 Å². The average Bonchev–Trinajstić information content (AvgIpc) is 3.18. The fraction of sp³-hybridized carbons (Fsp3) is 0.364. The topological polar surface area (TPSA) is 55.9 Å². The summed E-state index contributed by atoms with van der Waals surface area (Å²) in [6.07, 6.45) is 3.25. The molecule has 5 heteroatoms. The minimum atomic E-state index is -0.516. The van der Waals surface area contributed by atoms with Crippen LogP contribution in [0.5, 0.6) is 0 Å². The Balaban J connectivity index is 1.62. The molecule has 140 valence electrons. The van der Waals surface area contributed by atoms with E-state index in [1.165, 1.54) is 11.1 Å². The lowest BCUT2D eigenvalue weighted by atomic mass is 10.1. The number of imidazole rings is 2. The van der Waals surface area contributed by atoms with Crippen LogP contribution >= 0.6 is 0 Å². The van der Waals surface area contributed by atoms with Crippen molar-refractivity contribution in [2.75, 3.05) is 0 Å². The summed E-state index contributed by atoms with van der Waals surface area (Å²) in [5.74, 6) is 1.04. The molecular formula is C22H26N4O. The third-order valence-electron chi connectivity index (χ3n) is 5.24. The van der Waals surface area contributed by atoms with Gasteiger partial charge in [-0.05, 0) is 55.7 Å². The second-order valence-electron chi connectivity index (χ2n) is 7.35. The summed E-state index contributed by atoms with van der Waals surface area (Å²) in [6.45, 7) is 7.40. The van der Waals surface area contributed by atoms with Gasteiger partial charge in [0.2, 0.25) is 0 Å². The molecule has 2 aromatic heterocycles. The first-order valence-corrected chi connectivity index (χ1v) is 9.61. The van der Waals surface area contributed by atoms with Gasteiger partial charge < -0.3 is 14.2 Å². The molecule has 4 rings (SSSR count). The van der Waals surface area contributed by atoms with E-state index in [0.717, 1.165) is 40.7 Å². The van der Waals surface area contributed by atoms with Gasteiger partial charge >= 0.3 is 0 Å². The van der Waals surface area contributed by atoms with E-state index in [0.29, 0.717) is 13.1 Å². The maximum absolute atomic E-state index is 10.8. The van der Waals surface area contributed by atoms with Crippen LogP contribution in [0.3, 0.4) is 0 Å². The van der Waals surface area contributed by atoms with Crippen LogP contribution in [0.1, 0.15) is 30.3 Å². The lowest BCUT2D eigenvalue weighted by Gasteiger charge is -2.16. The van der Waals surface area contributed by atoms with E-state index >= 15 is 0 Å². The van der Waals surface area contributed by atoms with E-state index in [2.05, 4.69) is 48.5 Å². The highest BCUT2D eigenvalue weighted by atomic mass is 16.3. The molecule has 0 spiro atoms. The van der Waals surface area contributed by atoms with Gasteiger partial charge in [0.1, 0.15) is 5.82 Å². The lowest BCUT2D eigenvalue weighted by molar-refractivity contribution is 0.136. The van der Waals surface area contributed by atoms with Gasteiger partial charge in [-0.1, -0.05) is 19.1 Å².